The number of nitrogens with zero attached hydrogens (tertiary/aromatic N) is 3. The Hall–Kier alpha value is -3.39. The lowest BCUT2D eigenvalue weighted by atomic mass is 9.95. The summed E-state index contributed by atoms with van der Waals surface area (Å²) in [4.78, 5) is 31.8. The van der Waals surface area contributed by atoms with Crippen molar-refractivity contribution in [2.24, 2.45) is 0 Å². The zero-order chi connectivity index (χ0) is 24.1. The first-order chi connectivity index (χ1) is 16.5. The standard InChI is InChI=1S/C26H26BrN3O4/c1-2-15-34-21-9-7-18(8-10-21)24(31)22-23(19-5-3-6-20(27)16-19)30(26(33)25(22)32)13-4-12-29-14-11-28-17-29/h3,5-11,14,16-17,23,31H,2,4,12-13,15H2,1H3/b24-22+/t23-/m1/s1. The van der Waals surface area contributed by atoms with Crippen molar-refractivity contribution in [1.29, 1.82) is 0 Å². The van der Waals surface area contributed by atoms with Gasteiger partial charge in [0, 0.05) is 35.5 Å². The number of aliphatic hydroxyl groups excluding tert-OH is 1. The summed E-state index contributed by atoms with van der Waals surface area (Å²) in [5, 5.41) is 11.2. The van der Waals surface area contributed by atoms with Crippen molar-refractivity contribution in [1.82, 2.24) is 14.5 Å². The number of aromatic nitrogens is 2. The lowest BCUT2D eigenvalue weighted by Crippen LogP contribution is -2.31. The summed E-state index contributed by atoms with van der Waals surface area (Å²) < 4.78 is 8.36. The molecule has 8 heteroatoms. The Labute approximate surface area is 206 Å². The third kappa shape index (κ3) is 5.07. The SMILES string of the molecule is CCCOc1ccc(/C(O)=C2\C(=O)C(=O)N(CCCn3ccnc3)[C@@H]2c2cccc(Br)c2)cc1. The topological polar surface area (TPSA) is 84.7 Å². The van der Waals surface area contributed by atoms with E-state index in [0.717, 1.165) is 16.5 Å². The highest BCUT2D eigenvalue weighted by Crippen LogP contribution is 2.40. The lowest BCUT2D eigenvalue weighted by molar-refractivity contribution is -0.139. The normalized spacial score (nSPS) is 17.4. The molecule has 3 aromatic rings. The van der Waals surface area contributed by atoms with Crippen molar-refractivity contribution in [3.05, 3.63) is 88.4 Å². The first-order valence-electron chi connectivity index (χ1n) is 11.2. The fraction of sp³-hybridized carbons (Fsp3) is 0.269. The quantitative estimate of drug-likeness (QED) is 0.243. The highest BCUT2D eigenvalue weighted by atomic mass is 79.9. The van der Waals surface area contributed by atoms with Gasteiger partial charge < -0.3 is 19.3 Å². The number of imidazole rings is 1. The summed E-state index contributed by atoms with van der Waals surface area (Å²) in [6.45, 7) is 3.64. The molecule has 4 rings (SSSR count). The molecule has 1 saturated heterocycles. The predicted octanol–water partition coefficient (Wildman–Crippen LogP) is 4.95. The zero-order valence-corrected chi connectivity index (χ0v) is 20.4. The number of hydrogen-bond acceptors (Lipinski definition) is 5. The van der Waals surface area contributed by atoms with Gasteiger partial charge in [-0.3, -0.25) is 9.59 Å². The minimum atomic E-state index is -0.684. The number of benzene rings is 2. The second kappa shape index (κ2) is 10.7. The van der Waals surface area contributed by atoms with E-state index in [0.29, 0.717) is 37.4 Å². The summed E-state index contributed by atoms with van der Waals surface area (Å²) in [7, 11) is 0. The Morgan fingerprint density at radius 1 is 1.15 bits per heavy atom. The molecule has 0 unspecified atom stereocenters. The highest BCUT2D eigenvalue weighted by Gasteiger charge is 2.45. The van der Waals surface area contributed by atoms with Crippen molar-refractivity contribution in [2.45, 2.75) is 32.4 Å². The second-order valence-electron chi connectivity index (χ2n) is 8.07. The van der Waals surface area contributed by atoms with Crippen LogP contribution in [0.4, 0.5) is 0 Å². The molecule has 0 spiro atoms. The molecule has 7 nitrogen and oxygen atoms in total. The van der Waals surface area contributed by atoms with E-state index in [-0.39, 0.29) is 11.3 Å². The number of halogens is 1. The van der Waals surface area contributed by atoms with E-state index in [1.165, 1.54) is 0 Å². The number of carbonyl (C=O) groups is 2. The molecule has 0 bridgehead atoms. The van der Waals surface area contributed by atoms with Gasteiger partial charge in [0.05, 0.1) is 24.5 Å². The summed E-state index contributed by atoms with van der Waals surface area (Å²) in [6.07, 6.45) is 6.80. The molecule has 1 aromatic heterocycles. The summed E-state index contributed by atoms with van der Waals surface area (Å²) in [6, 6.07) is 13.7. The maximum Gasteiger partial charge on any atom is 0.295 e. The van der Waals surface area contributed by atoms with Crippen molar-refractivity contribution >= 4 is 33.4 Å². The van der Waals surface area contributed by atoms with E-state index in [1.54, 1.807) is 41.7 Å². The van der Waals surface area contributed by atoms with Crippen LogP contribution < -0.4 is 4.74 Å². The van der Waals surface area contributed by atoms with Gasteiger partial charge in [0.2, 0.25) is 0 Å². The average molecular weight is 524 g/mol. The smallest absolute Gasteiger partial charge is 0.295 e. The number of ether oxygens (including phenoxy) is 1. The molecule has 1 aliphatic rings. The van der Waals surface area contributed by atoms with Crippen molar-refractivity contribution in [3.8, 4) is 5.75 Å². The van der Waals surface area contributed by atoms with Crippen molar-refractivity contribution < 1.29 is 19.4 Å². The van der Waals surface area contributed by atoms with Crippen LogP contribution in [0.15, 0.2) is 77.3 Å². The number of likely N-dealkylation sites (tertiary alicyclic amines) is 1. The Bertz CT molecular complexity index is 1190. The summed E-state index contributed by atoms with van der Waals surface area (Å²) in [5.41, 5.74) is 1.30. The maximum atomic E-state index is 13.1. The first kappa shape index (κ1) is 23.8. The number of amides is 1. The van der Waals surface area contributed by atoms with Gasteiger partial charge in [-0.1, -0.05) is 35.0 Å². The van der Waals surface area contributed by atoms with Gasteiger partial charge in [0.15, 0.2) is 0 Å². The monoisotopic (exact) mass is 523 g/mol. The summed E-state index contributed by atoms with van der Waals surface area (Å²) >= 11 is 3.48. The van der Waals surface area contributed by atoms with Gasteiger partial charge in [-0.05, 0) is 54.8 Å². The molecule has 1 amide bonds. The van der Waals surface area contributed by atoms with Crippen LogP contribution >= 0.6 is 15.9 Å². The summed E-state index contributed by atoms with van der Waals surface area (Å²) in [5.74, 6) is -0.805. The van der Waals surface area contributed by atoms with Gasteiger partial charge in [-0.25, -0.2) is 4.98 Å². The van der Waals surface area contributed by atoms with Crippen LogP contribution in [0.5, 0.6) is 5.75 Å². The molecule has 34 heavy (non-hydrogen) atoms. The fourth-order valence-electron chi connectivity index (χ4n) is 4.06. The molecule has 0 radical (unpaired) electrons. The number of carbonyl (C=O) groups excluding carboxylic acids is 2. The van der Waals surface area contributed by atoms with Crippen LogP contribution in [-0.4, -0.2) is 44.4 Å². The Morgan fingerprint density at radius 3 is 2.62 bits per heavy atom. The molecule has 1 atom stereocenters. The molecule has 0 saturated carbocycles. The molecular weight excluding hydrogens is 498 g/mol. The van der Waals surface area contributed by atoms with E-state index < -0.39 is 17.7 Å². The van der Waals surface area contributed by atoms with Gasteiger partial charge in [-0.2, -0.15) is 0 Å². The van der Waals surface area contributed by atoms with Crippen LogP contribution in [0.25, 0.3) is 5.76 Å². The number of Topliss-reactive ketones (excluding diaryl/α,β-unsaturated/α-hetero) is 1. The van der Waals surface area contributed by atoms with Crippen LogP contribution in [0, 0.1) is 0 Å². The zero-order valence-electron chi connectivity index (χ0n) is 18.9. The first-order valence-corrected chi connectivity index (χ1v) is 12.0. The molecule has 0 aliphatic carbocycles. The molecular formula is C26H26BrN3O4. The molecule has 1 fully saturated rings. The van der Waals surface area contributed by atoms with E-state index >= 15 is 0 Å². The minimum absolute atomic E-state index is 0.0907. The van der Waals surface area contributed by atoms with E-state index in [1.807, 2.05) is 42.0 Å². The van der Waals surface area contributed by atoms with Gasteiger partial charge >= 0.3 is 0 Å². The highest BCUT2D eigenvalue weighted by molar-refractivity contribution is 9.10. The van der Waals surface area contributed by atoms with E-state index in [2.05, 4.69) is 20.9 Å². The number of ketones is 1. The lowest BCUT2D eigenvalue weighted by Gasteiger charge is -2.25. The Balaban J connectivity index is 1.68. The maximum absolute atomic E-state index is 13.1. The molecule has 176 valence electrons. The number of rotatable bonds is 9. The average Bonchev–Trinajstić information content (AvgIpc) is 3.45. The van der Waals surface area contributed by atoms with Crippen LogP contribution in [0.1, 0.15) is 36.9 Å². The van der Waals surface area contributed by atoms with Crippen LogP contribution in [0.3, 0.4) is 0 Å². The van der Waals surface area contributed by atoms with Crippen molar-refractivity contribution in [3.63, 3.8) is 0 Å². The Morgan fingerprint density at radius 2 is 1.94 bits per heavy atom. The van der Waals surface area contributed by atoms with Gasteiger partial charge in [-0.15, -0.1) is 0 Å². The van der Waals surface area contributed by atoms with Gasteiger partial charge in [0.25, 0.3) is 11.7 Å². The molecule has 2 heterocycles. The Kier molecular flexibility index (Phi) is 7.47. The van der Waals surface area contributed by atoms with Crippen molar-refractivity contribution in [2.75, 3.05) is 13.2 Å². The number of aryl methyl sites for hydroxylation is 1. The van der Waals surface area contributed by atoms with E-state index in [4.69, 9.17) is 4.74 Å². The molecule has 1 aliphatic heterocycles. The number of aliphatic hydroxyl groups is 1. The number of hydrogen-bond donors (Lipinski definition) is 1. The second-order valence-corrected chi connectivity index (χ2v) is 8.99. The fourth-order valence-corrected chi connectivity index (χ4v) is 4.48. The third-order valence-corrected chi connectivity index (χ3v) is 6.17. The predicted molar refractivity (Wildman–Crippen MR) is 132 cm³/mol. The van der Waals surface area contributed by atoms with Crippen LogP contribution in [-0.2, 0) is 16.1 Å². The third-order valence-electron chi connectivity index (χ3n) is 5.68. The minimum Gasteiger partial charge on any atom is -0.507 e. The van der Waals surface area contributed by atoms with Crippen LogP contribution in [0.2, 0.25) is 0 Å². The van der Waals surface area contributed by atoms with E-state index in [9.17, 15) is 14.7 Å². The largest absolute Gasteiger partial charge is 0.507 e. The van der Waals surface area contributed by atoms with Gasteiger partial charge in [0.1, 0.15) is 11.5 Å². The molecule has 2 aromatic carbocycles. The molecule has 1 N–H and O–H groups in total.